The van der Waals surface area contributed by atoms with Crippen LogP contribution < -0.4 is 9.64 Å². The summed E-state index contributed by atoms with van der Waals surface area (Å²) in [5.41, 5.74) is 2.34. The molecular formula is C33H23F2N3O4S2. The molecule has 0 bridgehead atoms. The van der Waals surface area contributed by atoms with Crippen molar-refractivity contribution in [2.45, 2.75) is 22.7 Å². The van der Waals surface area contributed by atoms with Gasteiger partial charge in [0.25, 0.3) is 5.78 Å². The van der Waals surface area contributed by atoms with Gasteiger partial charge in [-0.15, -0.1) is 10.2 Å². The molecule has 220 valence electrons. The van der Waals surface area contributed by atoms with Gasteiger partial charge in [-0.3, -0.25) is 14.5 Å². The molecule has 11 heteroatoms. The van der Waals surface area contributed by atoms with Gasteiger partial charge in [0.1, 0.15) is 29.8 Å². The lowest BCUT2D eigenvalue weighted by Gasteiger charge is -2.23. The van der Waals surface area contributed by atoms with Gasteiger partial charge in [-0.25, -0.2) is 8.78 Å². The van der Waals surface area contributed by atoms with Crippen molar-refractivity contribution in [3.8, 4) is 5.75 Å². The maximum atomic E-state index is 13.6. The number of carbonyl (C=O) groups excluding carboxylic acids is 2. The second kappa shape index (κ2) is 12.8. The molecule has 1 saturated heterocycles. The molecule has 0 saturated carbocycles. The van der Waals surface area contributed by atoms with Gasteiger partial charge in [-0.2, -0.15) is 0 Å². The molecule has 5 aromatic rings. The van der Waals surface area contributed by atoms with Crippen LogP contribution in [0.3, 0.4) is 0 Å². The Kier molecular flexibility index (Phi) is 8.49. The zero-order valence-corrected chi connectivity index (χ0v) is 24.5. The normalized spacial score (nSPS) is 16.0. The van der Waals surface area contributed by atoms with Crippen LogP contribution in [0, 0.1) is 11.6 Å². The number of rotatable bonds is 9. The monoisotopic (exact) mass is 627 g/mol. The molecule has 44 heavy (non-hydrogen) atoms. The minimum Gasteiger partial charge on any atom is -0.507 e. The quantitative estimate of drug-likeness (QED) is 0.0602. The number of carbonyl (C=O) groups is 2. The first-order valence-electron chi connectivity index (χ1n) is 13.4. The number of ether oxygens (including phenoxy) is 1. The van der Waals surface area contributed by atoms with Gasteiger partial charge >= 0.3 is 5.91 Å². The third kappa shape index (κ3) is 6.24. The highest BCUT2D eigenvalue weighted by Crippen LogP contribution is 2.44. The molecule has 1 amide bonds. The molecule has 0 aliphatic carbocycles. The smallest absolute Gasteiger partial charge is 0.301 e. The second-order valence-corrected chi connectivity index (χ2v) is 12.0. The number of thioether (sulfide) groups is 1. The van der Waals surface area contributed by atoms with E-state index in [1.165, 1.54) is 40.9 Å². The highest BCUT2D eigenvalue weighted by molar-refractivity contribution is 8.00. The summed E-state index contributed by atoms with van der Waals surface area (Å²) >= 11 is 2.47. The Morgan fingerprint density at radius 2 is 1.57 bits per heavy atom. The predicted octanol–water partition coefficient (Wildman–Crippen LogP) is 7.31. The van der Waals surface area contributed by atoms with E-state index in [1.54, 1.807) is 36.4 Å². The maximum Gasteiger partial charge on any atom is 0.301 e. The van der Waals surface area contributed by atoms with Crippen LogP contribution in [0.1, 0.15) is 28.3 Å². The van der Waals surface area contributed by atoms with Crippen molar-refractivity contribution >= 4 is 45.7 Å². The number of hydrogen-bond donors (Lipinski definition) is 1. The minimum atomic E-state index is -1.07. The number of ketones is 1. The number of benzene rings is 4. The lowest BCUT2D eigenvalue weighted by molar-refractivity contribution is -0.132. The van der Waals surface area contributed by atoms with Gasteiger partial charge in [0.15, 0.2) is 4.34 Å². The Labute approximate surface area is 259 Å². The fourth-order valence-corrected chi connectivity index (χ4v) is 6.53. The predicted molar refractivity (Wildman–Crippen MR) is 164 cm³/mol. The fraction of sp³-hybridized carbons (Fsp3) is 0.0909. The van der Waals surface area contributed by atoms with Crippen LogP contribution in [0.2, 0.25) is 0 Å². The first-order chi connectivity index (χ1) is 21.4. The Balaban J connectivity index is 1.36. The number of Topliss-reactive ketones (excluding diaryl/α,β-unsaturated/α-hetero) is 1. The number of amides is 1. The molecule has 0 radical (unpaired) electrons. The molecule has 0 spiro atoms. The van der Waals surface area contributed by atoms with Crippen molar-refractivity contribution < 1.29 is 28.2 Å². The van der Waals surface area contributed by atoms with Crippen LogP contribution in [0.4, 0.5) is 13.9 Å². The van der Waals surface area contributed by atoms with Gasteiger partial charge in [0.05, 0.1) is 11.6 Å². The summed E-state index contributed by atoms with van der Waals surface area (Å²) in [6.45, 7) is 0.297. The molecule has 1 aromatic heterocycles. The summed E-state index contributed by atoms with van der Waals surface area (Å²) < 4.78 is 33.5. The van der Waals surface area contributed by atoms with Gasteiger partial charge in [-0.1, -0.05) is 77.7 Å². The number of aliphatic hydroxyl groups is 1. The van der Waals surface area contributed by atoms with Crippen molar-refractivity contribution in [2.24, 2.45) is 0 Å². The first kappa shape index (κ1) is 29.2. The molecule has 1 fully saturated rings. The molecule has 1 aliphatic rings. The highest BCUT2D eigenvalue weighted by atomic mass is 32.2. The molecule has 6 rings (SSSR count). The average Bonchev–Trinajstić information content (AvgIpc) is 3.62. The van der Waals surface area contributed by atoms with E-state index in [0.29, 0.717) is 28.0 Å². The number of anilines is 1. The molecule has 1 N–H and O–H groups in total. The maximum absolute atomic E-state index is 13.6. The van der Waals surface area contributed by atoms with E-state index in [-0.39, 0.29) is 22.1 Å². The number of aromatic nitrogens is 2. The van der Waals surface area contributed by atoms with Crippen LogP contribution >= 0.6 is 23.1 Å². The van der Waals surface area contributed by atoms with Crippen LogP contribution in [0.15, 0.2) is 113 Å². The number of halogens is 2. The highest BCUT2D eigenvalue weighted by Gasteiger charge is 2.48. The minimum absolute atomic E-state index is 0.160. The Morgan fingerprint density at radius 3 is 2.30 bits per heavy atom. The zero-order valence-electron chi connectivity index (χ0n) is 22.9. The lowest BCUT2D eigenvalue weighted by Crippen LogP contribution is -2.29. The van der Waals surface area contributed by atoms with Gasteiger partial charge in [0.2, 0.25) is 5.13 Å². The number of nitrogens with zero attached hydrogens (tertiary/aromatic N) is 3. The van der Waals surface area contributed by atoms with Crippen molar-refractivity contribution in [1.29, 1.82) is 0 Å². The Bertz CT molecular complexity index is 1850. The van der Waals surface area contributed by atoms with Gasteiger partial charge < -0.3 is 9.84 Å². The van der Waals surface area contributed by atoms with Crippen LogP contribution in [0.25, 0.3) is 5.76 Å². The number of aliphatic hydroxyl groups excluding tert-OH is 1. The summed E-state index contributed by atoms with van der Waals surface area (Å²) in [5.74, 6) is -2.11. The SMILES string of the molecule is O=C1C(=O)N(c2nnc(SCc3ccc(F)cc3)s2)C(c2cccc(OCc3ccccc3)c2)/C1=C(\O)c1ccc(F)cc1. The molecule has 1 atom stereocenters. The van der Waals surface area contributed by atoms with Crippen molar-refractivity contribution in [3.63, 3.8) is 0 Å². The topological polar surface area (TPSA) is 92.6 Å². The first-order valence-corrected chi connectivity index (χ1v) is 15.2. The van der Waals surface area contributed by atoms with E-state index in [0.717, 1.165) is 34.6 Å². The molecule has 7 nitrogen and oxygen atoms in total. The summed E-state index contributed by atoms with van der Waals surface area (Å²) in [6, 6.07) is 26.5. The Hall–Kier alpha value is -4.87. The van der Waals surface area contributed by atoms with E-state index in [4.69, 9.17) is 4.74 Å². The summed E-state index contributed by atoms with van der Waals surface area (Å²) in [6.07, 6.45) is 0. The lowest BCUT2D eigenvalue weighted by atomic mass is 9.95. The number of hydrogen-bond acceptors (Lipinski definition) is 8. The second-order valence-electron chi connectivity index (χ2n) is 9.79. The molecule has 2 heterocycles. The van der Waals surface area contributed by atoms with Gasteiger partial charge in [0, 0.05) is 11.3 Å². The molecule has 1 unspecified atom stereocenters. The summed E-state index contributed by atoms with van der Waals surface area (Å²) in [7, 11) is 0. The van der Waals surface area contributed by atoms with Crippen LogP contribution in [0.5, 0.6) is 5.75 Å². The Morgan fingerprint density at radius 1 is 0.864 bits per heavy atom. The third-order valence-corrected chi connectivity index (χ3v) is 8.99. The molecule has 4 aromatic carbocycles. The third-order valence-electron chi connectivity index (χ3n) is 6.86. The summed E-state index contributed by atoms with van der Waals surface area (Å²) in [4.78, 5) is 28.3. The van der Waals surface area contributed by atoms with E-state index in [1.807, 2.05) is 30.3 Å². The molecular weight excluding hydrogens is 605 g/mol. The average molecular weight is 628 g/mol. The fourth-order valence-electron chi connectivity index (χ4n) is 4.71. The van der Waals surface area contributed by atoms with Crippen molar-refractivity contribution in [2.75, 3.05) is 4.90 Å². The largest absolute Gasteiger partial charge is 0.507 e. The zero-order chi connectivity index (χ0) is 30.6. The standard InChI is InChI=1S/C33H23F2N3O4S2/c34-24-13-9-21(10-14-24)19-43-33-37-36-32(44-33)38-28(23-7-4-8-26(17-23)42-18-20-5-2-1-3-6-20)27(30(40)31(38)41)29(39)22-11-15-25(35)16-12-22/h1-17,28,39H,18-19H2/b29-27+. The van der Waals surface area contributed by atoms with Crippen LogP contribution in [-0.2, 0) is 21.9 Å². The molecule has 1 aliphatic heterocycles. The van der Waals surface area contributed by atoms with E-state index < -0.39 is 29.3 Å². The van der Waals surface area contributed by atoms with E-state index >= 15 is 0 Å². The van der Waals surface area contributed by atoms with Crippen LogP contribution in [-0.4, -0.2) is 27.0 Å². The van der Waals surface area contributed by atoms with Gasteiger partial charge in [-0.05, 0) is 65.2 Å². The van der Waals surface area contributed by atoms with Crippen molar-refractivity contribution in [3.05, 3.63) is 143 Å². The van der Waals surface area contributed by atoms with E-state index in [2.05, 4.69) is 10.2 Å². The van der Waals surface area contributed by atoms with E-state index in [9.17, 15) is 23.5 Å². The summed E-state index contributed by atoms with van der Waals surface area (Å²) in [5, 5.41) is 19.9. The van der Waals surface area contributed by atoms with Crippen molar-refractivity contribution in [1.82, 2.24) is 10.2 Å².